The lowest BCUT2D eigenvalue weighted by Gasteiger charge is -2.19. The zero-order valence-corrected chi connectivity index (χ0v) is 14.3. The van der Waals surface area contributed by atoms with Gasteiger partial charge in [-0.1, -0.05) is 48.5 Å². The minimum atomic E-state index is -0.228. The van der Waals surface area contributed by atoms with E-state index in [2.05, 4.69) is 10.1 Å². The van der Waals surface area contributed by atoms with Gasteiger partial charge in [-0.2, -0.15) is 0 Å². The van der Waals surface area contributed by atoms with Gasteiger partial charge in [-0.25, -0.2) is 9.67 Å². The lowest BCUT2D eigenvalue weighted by Crippen LogP contribution is -2.36. The van der Waals surface area contributed by atoms with E-state index in [-0.39, 0.29) is 24.4 Å². The van der Waals surface area contributed by atoms with E-state index >= 15 is 0 Å². The third-order valence-electron chi connectivity index (χ3n) is 4.42. The molecule has 0 spiro atoms. The van der Waals surface area contributed by atoms with E-state index in [4.69, 9.17) is 0 Å². The summed E-state index contributed by atoms with van der Waals surface area (Å²) in [6.45, 7) is 0.247. The van der Waals surface area contributed by atoms with Crippen molar-refractivity contribution >= 4 is 5.91 Å². The molecular formula is C20H20N4O2. The SMILES string of the molecule is O=C(c1nc(-c2ccccc2)n(-c2ccccc2)n1)N(CCO)C1CC1. The Morgan fingerprint density at radius 3 is 2.35 bits per heavy atom. The van der Waals surface area contributed by atoms with E-state index in [0.29, 0.717) is 12.4 Å². The molecule has 0 saturated heterocycles. The molecule has 0 bridgehead atoms. The minimum absolute atomic E-state index is 0.0623. The summed E-state index contributed by atoms with van der Waals surface area (Å²) in [7, 11) is 0. The van der Waals surface area contributed by atoms with Gasteiger partial charge >= 0.3 is 0 Å². The Kier molecular flexibility index (Phi) is 4.50. The van der Waals surface area contributed by atoms with Gasteiger partial charge in [0.2, 0.25) is 5.82 Å². The number of aromatic nitrogens is 3. The number of nitrogens with zero attached hydrogens (tertiary/aromatic N) is 4. The van der Waals surface area contributed by atoms with Gasteiger partial charge in [0.25, 0.3) is 5.91 Å². The van der Waals surface area contributed by atoms with Crippen LogP contribution < -0.4 is 0 Å². The second kappa shape index (κ2) is 7.09. The number of hydrogen-bond donors (Lipinski definition) is 1. The van der Waals surface area contributed by atoms with Crippen molar-refractivity contribution in [3.63, 3.8) is 0 Å². The molecule has 0 unspecified atom stereocenters. The van der Waals surface area contributed by atoms with Gasteiger partial charge in [-0.05, 0) is 25.0 Å². The number of hydrogen-bond acceptors (Lipinski definition) is 4. The van der Waals surface area contributed by atoms with Crippen LogP contribution in [-0.2, 0) is 0 Å². The summed E-state index contributed by atoms with van der Waals surface area (Å²) >= 11 is 0. The summed E-state index contributed by atoms with van der Waals surface area (Å²) in [6.07, 6.45) is 1.94. The summed E-state index contributed by atoms with van der Waals surface area (Å²) < 4.78 is 1.70. The lowest BCUT2D eigenvalue weighted by molar-refractivity contribution is 0.0695. The largest absolute Gasteiger partial charge is 0.395 e. The molecule has 1 aliphatic rings. The summed E-state index contributed by atoms with van der Waals surface area (Å²) in [5.74, 6) is 0.557. The van der Waals surface area contributed by atoms with E-state index in [0.717, 1.165) is 24.1 Å². The third kappa shape index (κ3) is 3.23. The summed E-state index contributed by atoms with van der Waals surface area (Å²) in [4.78, 5) is 19.2. The molecule has 1 saturated carbocycles. The maximum absolute atomic E-state index is 12.9. The van der Waals surface area contributed by atoms with E-state index < -0.39 is 0 Å². The number of rotatable bonds is 6. The molecule has 1 amide bonds. The first-order chi connectivity index (χ1) is 12.8. The maximum atomic E-state index is 12.9. The molecule has 4 rings (SSSR count). The van der Waals surface area contributed by atoms with Gasteiger partial charge < -0.3 is 10.0 Å². The molecule has 6 nitrogen and oxygen atoms in total. The molecule has 1 aromatic heterocycles. The Balaban J connectivity index is 1.77. The summed E-state index contributed by atoms with van der Waals surface area (Å²) in [6, 6.07) is 19.5. The number of carbonyl (C=O) groups is 1. The lowest BCUT2D eigenvalue weighted by atomic mass is 10.2. The Bertz CT molecular complexity index is 832. The van der Waals surface area contributed by atoms with Crippen LogP contribution in [0, 0.1) is 0 Å². The molecule has 0 atom stereocenters. The van der Waals surface area contributed by atoms with E-state index in [1.54, 1.807) is 9.58 Å². The van der Waals surface area contributed by atoms with Crippen LogP contribution in [0.1, 0.15) is 23.5 Å². The number of aliphatic hydroxyl groups excluding tert-OH is 1. The first kappa shape index (κ1) is 16.5. The van der Waals surface area contributed by atoms with Crippen LogP contribution in [0.25, 0.3) is 17.1 Å². The number of carbonyl (C=O) groups excluding carboxylic acids is 1. The van der Waals surface area contributed by atoms with Gasteiger partial charge in [-0.3, -0.25) is 4.79 Å². The smallest absolute Gasteiger partial charge is 0.293 e. The molecule has 0 aliphatic heterocycles. The Labute approximate surface area is 151 Å². The molecule has 1 N–H and O–H groups in total. The fourth-order valence-corrected chi connectivity index (χ4v) is 3.00. The van der Waals surface area contributed by atoms with Crippen LogP contribution in [0.2, 0.25) is 0 Å². The highest BCUT2D eigenvalue weighted by Crippen LogP contribution is 2.28. The number of aliphatic hydroxyl groups is 1. The van der Waals surface area contributed by atoms with Crippen LogP contribution in [0.5, 0.6) is 0 Å². The average Bonchev–Trinajstić information content (AvgIpc) is 3.44. The first-order valence-corrected chi connectivity index (χ1v) is 8.77. The van der Waals surface area contributed by atoms with Crippen LogP contribution in [-0.4, -0.2) is 49.9 Å². The monoisotopic (exact) mass is 348 g/mol. The number of para-hydroxylation sites is 1. The zero-order chi connectivity index (χ0) is 17.9. The molecule has 2 aromatic carbocycles. The average molecular weight is 348 g/mol. The van der Waals surface area contributed by atoms with Crippen molar-refractivity contribution in [1.29, 1.82) is 0 Å². The van der Waals surface area contributed by atoms with E-state index in [1.165, 1.54) is 0 Å². The highest BCUT2D eigenvalue weighted by atomic mass is 16.3. The molecule has 132 valence electrons. The quantitative estimate of drug-likeness (QED) is 0.743. The van der Waals surface area contributed by atoms with Crippen LogP contribution in [0.4, 0.5) is 0 Å². The first-order valence-electron chi connectivity index (χ1n) is 8.77. The Hall–Kier alpha value is -2.99. The second-order valence-corrected chi connectivity index (χ2v) is 6.33. The Morgan fingerprint density at radius 2 is 1.73 bits per heavy atom. The molecule has 1 fully saturated rings. The van der Waals surface area contributed by atoms with Crippen molar-refractivity contribution in [3.8, 4) is 17.1 Å². The van der Waals surface area contributed by atoms with Gasteiger partial charge in [-0.15, -0.1) is 5.10 Å². The van der Waals surface area contributed by atoms with E-state index in [9.17, 15) is 9.90 Å². The predicted octanol–water partition coefficient (Wildman–Crippen LogP) is 2.53. The highest BCUT2D eigenvalue weighted by molar-refractivity contribution is 5.91. The van der Waals surface area contributed by atoms with Crippen molar-refractivity contribution in [2.45, 2.75) is 18.9 Å². The second-order valence-electron chi connectivity index (χ2n) is 6.33. The third-order valence-corrected chi connectivity index (χ3v) is 4.42. The molecule has 6 heteroatoms. The summed E-state index contributed by atoms with van der Waals surface area (Å²) in [5, 5.41) is 13.8. The fourth-order valence-electron chi connectivity index (χ4n) is 3.00. The number of benzene rings is 2. The maximum Gasteiger partial charge on any atom is 0.293 e. The van der Waals surface area contributed by atoms with Gasteiger partial charge in [0.15, 0.2) is 5.82 Å². The van der Waals surface area contributed by atoms with Gasteiger partial charge in [0.05, 0.1) is 12.3 Å². The summed E-state index contributed by atoms with van der Waals surface area (Å²) in [5.41, 5.74) is 1.74. The highest BCUT2D eigenvalue weighted by Gasteiger charge is 2.34. The Morgan fingerprint density at radius 1 is 1.08 bits per heavy atom. The predicted molar refractivity (Wildman–Crippen MR) is 97.9 cm³/mol. The number of amides is 1. The van der Waals surface area contributed by atoms with E-state index in [1.807, 2.05) is 60.7 Å². The van der Waals surface area contributed by atoms with Crippen molar-refractivity contribution < 1.29 is 9.90 Å². The van der Waals surface area contributed by atoms with Crippen LogP contribution in [0.15, 0.2) is 60.7 Å². The zero-order valence-electron chi connectivity index (χ0n) is 14.3. The fraction of sp³-hybridized carbons (Fsp3) is 0.250. The van der Waals surface area contributed by atoms with Crippen molar-refractivity contribution in [2.75, 3.05) is 13.2 Å². The van der Waals surface area contributed by atoms with Gasteiger partial charge in [0, 0.05) is 18.2 Å². The minimum Gasteiger partial charge on any atom is -0.395 e. The van der Waals surface area contributed by atoms with Crippen LogP contribution >= 0.6 is 0 Å². The van der Waals surface area contributed by atoms with Crippen LogP contribution in [0.3, 0.4) is 0 Å². The molecule has 1 aliphatic carbocycles. The van der Waals surface area contributed by atoms with Crippen molar-refractivity contribution in [3.05, 3.63) is 66.5 Å². The molecule has 26 heavy (non-hydrogen) atoms. The van der Waals surface area contributed by atoms with Crippen molar-refractivity contribution in [2.24, 2.45) is 0 Å². The van der Waals surface area contributed by atoms with Crippen molar-refractivity contribution in [1.82, 2.24) is 19.7 Å². The normalized spacial score (nSPS) is 13.6. The standard InChI is InChI=1S/C20H20N4O2/c25-14-13-23(16-11-12-16)20(26)18-21-19(15-7-3-1-4-8-15)24(22-18)17-9-5-2-6-10-17/h1-10,16,25H,11-14H2. The molecule has 3 aromatic rings. The van der Waals surface area contributed by atoms with Gasteiger partial charge in [0.1, 0.15) is 0 Å². The molecule has 0 radical (unpaired) electrons. The molecular weight excluding hydrogens is 328 g/mol. The topological polar surface area (TPSA) is 71.2 Å². The molecule has 1 heterocycles.